The Morgan fingerprint density at radius 3 is 2.79 bits per heavy atom. The summed E-state index contributed by atoms with van der Waals surface area (Å²) in [6.45, 7) is 4.31. The number of aliphatic carboxylic acids is 1. The van der Waals surface area contributed by atoms with E-state index < -0.39 is 41.0 Å². The summed E-state index contributed by atoms with van der Waals surface area (Å²) in [6, 6.07) is 1.83. The van der Waals surface area contributed by atoms with Crippen molar-refractivity contribution in [2.75, 3.05) is 25.2 Å². The lowest BCUT2D eigenvalue weighted by atomic mass is 9.97. The number of carboxylic acids is 1. The van der Waals surface area contributed by atoms with Crippen LogP contribution < -0.4 is 16.0 Å². The number of thiophene rings is 1. The zero-order valence-electron chi connectivity index (χ0n) is 20.7. The highest BCUT2D eigenvalue weighted by atomic mass is 32.2. The third-order valence-corrected chi connectivity index (χ3v) is 9.06. The molecule has 13 nitrogen and oxygen atoms in total. The number of methoxy groups -OCH3 is 1. The Balaban J connectivity index is 1.53. The van der Waals surface area contributed by atoms with Gasteiger partial charge in [-0.3, -0.25) is 14.5 Å². The third kappa shape index (κ3) is 5.52. The summed E-state index contributed by atoms with van der Waals surface area (Å²) in [6.07, 6.45) is 1.52. The van der Waals surface area contributed by atoms with Gasteiger partial charge in [-0.15, -0.1) is 28.2 Å². The van der Waals surface area contributed by atoms with Crippen LogP contribution in [0.2, 0.25) is 0 Å². The molecule has 0 saturated carbocycles. The van der Waals surface area contributed by atoms with Crippen molar-refractivity contribution in [1.29, 1.82) is 0 Å². The smallest absolute Gasteiger partial charge is 0.352 e. The average Bonchev–Trinajstić information content (AvgIpc) is 3.61. The molecule has 3 atom stereocenters. The van der Waals surface area contributed by atoms with Gasteiger partial charge in [-0.2, -0.15) is 10.3 Å². The Bertz CT molecular complexity index is 1220. The number of carbonyl (C=O) groups is 4. The lowest BCUT2D eigenvalue weighted by Crippen LogP contribution is -2.81. The second-order valence-corrected chi connectivity index (χ2v) is 11.9. The molecule has 5 N–H and O–H groups in total. The zero-order valence-corrected chi connectivity index (χ0v) is 23.2. The van der Waals surface area contributed by atoms with Crippen LogP contribution in [0.3, 0.4) is 0 Å². The zero-order chi connectivity index (χ0) is 27.4. The van der Waals surface area contributed by atoms with Gasteiger partial charge in [-0.1, -0.05) is 31.7 Å². The van der Waals surface area contributed by atoms with E-state index in [0.29, 0.717) is 33.5 Å². The number of nitrogens with one attached hydrogen (secondary N) is 4. The van der Waals surface area contributed by atoms with Crippen LogP contribution in [0.15, 0.2) is 40.0 Å². The molecule has 2 unspecified atom stereocenters. The Morgan fingerprint density at radius 2 is 2.18 bits per heavy atom. The maximum absolute atomic E-state index is 13.5. The van der Waals surface area contributed by atoms with E-state index in [1.807, 2.05) is 13.8 Å². The second kappa shape index (κ2) is 11.8. The first kappa shape index (κ1) is 27.9. The van der Waals surface area contributed by atoms with Crippen LogP contribution in [0.4, 0.5) is 4.79 Å². The standard InChI is InChI=1S/C22H27N7O6S3/c1-11(2)7-23-21(34)25-15(13-5-4-6-36-13)17(30)26-22(35-3)19(33)29-16(18(31)32)12(10-38-20(22)29)9-37-14-8-24-28-27-14/h4-6,8,11,15,20H,7,9-10H2,1-3H3,(H,26,30)(H,31,32)(H2,23,25,34)(H,24,27,28)/t15?,20?,22-/m1/s1. The molecule has 4 heterocycles. The van der Waals surface area contributed by atoms with E-state index in [1.54, 1.807) is 17.5 Å². The van der Waals surface area contributed by atoms with Crippen molar-refractivity contribution in [1.82, 2.24) is 36.3 Å². The van der Waals surface area contributed by atoms with Gasteiger partial charge >= 0.3 is 12.0 Å². The number of fused-ring (bicyclic) bond motifs is 1. The molecule has 0 spiro atoms. The predicted octanol–water partition coefficient (Wildman–Crippen LogP) is 1.37. The largest absolute Gasteiger partial charge is 0.477 e. The normalized spacial score (nSPS) is 21.5. The number of carboxylic acid groups (broad SMARTS) is 1. The van der Waals surface area contributed by atoms with Crippen molar-refractivity contribution in [3.8, 4) is 0 Å². The van der Waals surface area contributed by atoms with Gasteiger partial charge in [0.05, 0.1) is 6.20 Å². The van der Waals surface area contributed by atoms with Crippen LogP contribution in [0.5, 0.6) is 0 Å². The summed E-state index contributed by atoms with van der Waals surface area (Å²) >= 11 is 3.84. The Morgan fingerprint density at radius 1 is 1.39 bits per heavy atom. The SMILES string of the molecule is CO[C@]1(NC(=O)C(NC(=O)NCC(C)C)c2cccs2)C(=O)N2C(C(=O)O)=C(CSc3cn[nH]n3)CSC21. The fourth-order valence-electron chi connectivity index (χ4n) is 3.93. The quantitative estimate of drug-likeness (QED) is 0.148. The van der Waals surface area contributed by atoms with Crippen LogP contribution in [0.1, 0.15) is 24.8 Å². The topological polar surface area (TPSA) is 179 Å². The molecule has 38 heavy (non-hydrogen) atoms. The van der Waals surface area contributed by atoms with Gasteiger partial charge in [-0.05, 0) is 22.9 Å². The fourth-order valence-corrected chi connectivity index (χ4v) is 7.07. The third-order valence-electron chi connectivity index (χ3n) is 5.77. The molecule has 16 heteroatoms. The van der Waals surface area contributed by atoms with Crippen LogP contribution >= 0.6 is 34.9 Å². The van der Waals surface area contributed by atoms with Gasteiger partial charge in [0, 0.05) is 30.0 Å². The van der Waals surface area contributed by atoms with E-state index in [-0.39, 0.29) is 11.6 Å². The minimum Gasteiger partial charge on any atom is -0.477 e. The highest BCUT2D eigenvalue weighted by molar-refractivity contribution is 8.01. The Hall–Kier alpha value is -3.08. The van der Waals surface area contributed by atoms with Crippen LogP contribution in [0, 0.1) is 5.92 Å². The molecule has 0 bridgehead atoms. The summed E-state index contributed by atoms with van der Waals surface area (Å²) in [5.41, 5.74) is -1.40. The summed E-state index contributed by atoms with van der Waals surface area (Å²) in [7, 11) is 1.28. The molecule has 0 aliphatic carbocycles. The number of aromatic amines is 1. The van der Waals surface area contributed by atoms with Crippen molar-refractivity contribution in [2.24, 2.45) is 5.92 Å². The number of aromatic nitrogens is 3. The van der Waals surface area contributed by atoms with E-state index in [4.69, 9.17) is 4.74 Å². The van der Waals surface area contributed by atoms with Crippen molar-refractivity contribution >= 4 is 58.7 Å². The minimum atomic E-state index is -1.79. The summed E-state index contributed by atoms with van der Waals surface area (Å²) in [5, 5.41) is 29.7. The Labute approximate surface area is 230 Å². The number of hydrogen-bond acceptors (Lipinski definition) is 10. The number of ether oxygens (including phenoxy) is 1. The van der Waals surface area contributed by atoms with Gasteiger partial charge in [0.2, 0.25) is 0 Å². The lowest BCUT2D eigenvalue weighted by Gasteiger charge is -2.56. The first-order valence-corrected chi connectivity index (χ1v) is 14.4. The molecule has 0 radical (unpaired) electrons. The summed E-state index contributed by atoms with van der Waals surface area (Å²) in [4.78, 5) is 53.3. The molecule has 2 aliphatic rings. The minimum absolute atomic E-state index is 0.141. The first-order chi connectivity index (χ1) is 18.2. The van der Waals surface area contributed by atoms with Gasteiger partial charge in [0.25, 0.3) is 17.5 Å². The molecule has 4 amide bonds. The number of rotatable bonds is 11. The number of β-lactam (4-membered cyclic amide) rings is 1. The van der Waals surface area contributed by atoms with Crippen LogP contribution in [-0.4, -0.2) is 85.5 Å². The van der Waals surface area contributed by atoms with Gasteiger partial charge in [0.15, 0.2) is 0 Å². The number of carbonyl (C=O) groups excluding carboxylic acids is 3. The predicted molar refractivity (Wildman–Crippen MR) is 141 cm³/mol. The molecule has 2 aromatic rings. The van der Waals surface area contributed by atoms with E-state index in [9.17, 15) is 24.3 Å². The molecular weight excluding hydrogens is 554 g/mol. The van der Waals surface area contributed by atoms with Crippen LogP contribution in [0.25, 0.3) is 0 Å². The van der Waals surface area contributed by atoms with E-state index in [0.717, 1.165) is 4.90 Å². The fraction of sp³-hybridized carbons (Fsp3) is 0.455. The number of hydrogen-bond donors (Lipinski definition) is 5. The van der Waals surface area contributed by atoms with E-state index in [1.165, 1.54) is 48.2 Å². The summed E-state index contributed by atoms with van der Waals surface area (Å²) in [5.74, 6) is -1.82. The molecular formula is C22H27N7O6S3. The van der Waals surface area contributed by atoms with Gasteiger partial charge in [-0.25, -0.2) is 9.59 Å². The number of amides is 4. The van der Waals surface area contributed by atoms with Gasteiger partial charge < -0.3 is 25.8 Å². The molecule has 4 rings (SSSR count). The molecule has 1 fully saturated rings. The number of urea groups is 1. The highest BCUT2D eigenvalue weighted by Gasteiger charge is 2.67. The van der Waals surface area contributed by atoms with Crippen molar-refractivity contribution in [3.05, 3.63) is 39.9 Å². The van der Waals surface area contributed by atoms with Crippen molar-refractivity contribution in [2.45, 2.75) is 36.0 Å². The average molecular weight is 582 g/mol. The monoisotopic (exact) mass is 581 g/mol. The lowest BCUT2D eigenvalue weighted by molar-refractivity contribution is -0.192. The van der Waals surface area contributed by atoms with Gasteiger partial charge in [0.1, 0.15) is 22.1 Å². The van der Waals surface area contributed by atoms with E-state index >= 15 is 0 Å². The molecule has 2 aliphatic heterocycles. The highest BCUT2D eigenvalue weighted by Crippen LogP contribution is 2.47. The molecule has 0 aromatic carbocycles. The molecule has 2 aromatic heterocycles. The second-order valence-electron chi connectivity index (χ2n) is 8.82. The Kier molecular flexibility index (Phi) is 8.64. The van der Waals surface area contributed by atoms with E-state index in [2.05, 4.69) is 31.4 Å². The maximum Gasteiger partial charge on any atom is 0.352 e. The molecule has 1 saturated heterocycles. The maximum atomic E-state index is 13.5. The first-order valence-electron chi connectivity index (χ1n) is 11.5. The summed E-state index contributed by atoms with van der Waals surface area (Å²) < 4.78 is 5.55. The number of H-pyrrole nitrogens is 1. The van der Waals surface area contributed by atoms with Crippen molar-refractivity contribution in [3.63, 3.8) is 0 Å². The van der Waals surface area contributed by atoms with Crippen LogP contribution in [-0.2, 0) is 19.1 Å². The van der Waals surface area contributed by atoms with Crippen molar-refractivity contribution < 1.29 is 29.0 Å². The molecule has 204 valence electrons. The number of thioether (sulfide) groups is 2. The number of nitrogens with zero attached hydrogens (tertiary/aromatic N) is 3.